The molecule has 0 N–H and O–H groups in total. The zero-order valence-electron chi connectivity index (χ0n) is 19.4. The molecule has 0 unspecified atom stereocenters. The number of ether oxygens (including phenoxy) is 2. The van der Waals surface area contributed by atoms with Crippen LogP contribution >= 0.6 is 34.2 Å². The Labute approximate surface area is 231 Å². The van der Waals surface area contributed by atoms with Crippen molar-refractivity contribution in [2.75, 3.05) is 7.11 Å². The monoisotopic (exact) mass is 624 g/mol. The Hall–Kier alpha value is -3.94. The number of aliphatic imine (C=N–C) groups is 1. The number of hydrogen-bond acceptors (Lipinski definition) is 7. The molecule has 0 bridgehead atoms. The molecule has 5 rings (SSSR count). The van der Waals surface area contributed by atoms with Crippen LogP contribution in [-0.4, -0.2) is 13.3 Å². The fourth-order valence-electron chi connectivity index (χ4n) is 3.67. The molecular formula is C28H18ClIN2O5. The van der Waals surface area contributed by atoms with Crippen molar-refractivity contribution in [3.05, 3.63) is 98.5 Å². The quantitative estimate of drug-likeness (QED) is 0.127. The van der Waals surface area contributed by atoms with E-state index in [1.165, 1.54) is 12.5 Å². The van der Waals surface area contributed by atoms with Gasteiger partial charge < -0.3 is 22.7 Å². The van der Waals surface area contributed by atoms with Crippen LogP contribution in [0.2, 0.25) is 5.02 Å². The van der Waals surface area contributed by atoms with Gasteiger partial charge in [-0.25, -0.2) is 4.99 Å². The average Bonchev–Trinajstić information content (AvgIpc) is 3.68. The minimum Gasteiger partial charge on any atom is -0.493 e. The van der Waals surface area contributed by atoms with E-state index in [1.54, 1.807) is 43.7 Å². The first kappa shape index (κ1) is 24.7. The van der Waals surface area contributed by atoms with Crippen molar-refractivity contribution in [1.29, 1.82) is 5.26 Å². The lowest BCUT2D eigenvalue weighted by Gasteiger charge is -2.13. The van der Waals surface area contributed by atoms with Gasteiger partial charge in [-0.1, -0.05) is 23.7 Å². The summed E-state index contributed by atoms with van der Waals surface area (Å²) in [6.07, 6.45) is 4.66. The predicted octanol–water partition coefficient (Wildman–Crippen LogP) is 8.27. The molecule has 37 heavy (non-hydrogen) atoms. The molecule has 9 heteroatoms. The Morgan fingerprint density at radius 1 is 1.05 bits per heavy atom. The van der Waals surface area contributed by atoms with Crippen LogP contribution in [0.25, 0.3) is 22.8 Å². The van der Waals surface area contributed by atoms with Crippen LogP contribution in [-0.2, 0) is 6.61 Å². The summed E-state index contributed by atoms with van der Waals surface area (Å²) in [4.78, 5) is 4.49. The summed E-state index contributed by atoms with van der Waals surface area (Å²) in [6.45, 7) is 0.361. The fourth-order valence-corrected chi connectivity index (χ4v) is 4.58. The molecule has 0 saturated heterocycles. The van der Waals surface area contributed by atoms with Gasteiger partial charge in [0.1, 0.15) is 24.0 Å². The molecule has 3 heterocycles. The Bertz CT molecular complexity index is 1580. The van der Waals surface area contributed by atoms with E-state index in [4.69, 9.17) is 34.3 Å². The summed E-state index contributed by atoms with van der Waals surface area (Å²) in [5, 5.41) is 10.6. The van der Waals surface area contributed by atoms with Crippen molar-refractivity contribution >= 4 is 46.3 Å². The van der Waals surface area contributed by atoms with E-state index in [0.29, 0.717) is 46.0 Å². The maximum absolute atomic E-state index is 9.94. The maximum atomic E-state index is 9.94. The van der Waals surface area contributed by atoms with Gasteiger partial charge in [-0.15, -0.1) is 0 Å². The summed E-state index contributed by atoms with van der Waals surface area (Å²) in [7, 11) is 1.58. The average molecular weight is 625 g/mol. The first-order chi connectivity index (χ1) is 18.1. The molecule has 0 aliphatic heterocycles. The normalized spacial score (nSPS) is 11.1. The molecular weight excluding hydrogens is 607 g/mol. The Balaban J connectivity index is 1.46. The molecule has 0 aliphatic carbocycles. The number of nitrogens with zero attached hydrogens (tertiary/aromatic N) is 2. The standard InChI is InChI=1S/C28H18ClIN2O5/c1-33-24-13-18(12-21(30)26(24)36-16-17-6-8-19(29)9-7-17)15-32-28-20(14-31)25(22-4-2-10-34-22)27(37-28)23-5-3-11-35-23/h2-13,15H,16H2,1H3. The van der Waals surface area contributed by atoms with E-state index >= 15 is 0 Å². The second-order valence-electron chi connectivity index (χ2n) is 7.76. The molecule has 0 radical (unpaired) electrons. The van der Waals surface area contributed by atoms with Crippen LogP contribution < -0.4 is 9.47 Å². The van der Waals surface area contributed by atoms with Gasteiger partial charge in [-0.3, -0.25) is 0 Å². The highest BCUT2D eigenvalue weighted by molar-refractivity contribution is 14.1. The first-order valence-electron chi connectivity index (χ1n) is 11.0. The van der Waals surface area contributed by atoms with E-state index in [0.717, 1.165) is 14.7 Å². The third-order valence-electron chi connectivity index (χ3n) is 5.39. The molecule has 2 aromatic carbocycles. The topological polar surface area (TPSA) is 94.0 Å². The second kappa shape index (κ2) is 11.0. The summed E-state index contributed by atoms with van der Waals surface area (Å²) in [5.41, 5.74) is 2.43. The fraction of sp³-hybridized carbons (Fsp3) is 0.0714. The van der Waals surface area contributed by atoms with E-state index in [1.807, 2.05) is 30.3 Å². The highest BCUT2D eigenvalue weighted by atomic mass is 127. The largest absolute Gasteiger partial charge is 0.493 e. The summed E-state index contributed by atoms with van der Waals surface area (Å²) in [5.74, 6) is 2.61. The molecule has 0 spiro atoms. The lowest BCUT2D eigenvalue weighted by atomic mass is 10.1. The van der Waals surface area contributed by atoms with Crippen LogP contribution in [0.3, 0.4) is 0 Å². The number of halogens is 2. The number of rotatable bonds is 8. The van der Waals surface area contributed by atoms with Crippen molar-refractivity contribution < 1.29 is 22.7 Å². The van der Waals surface area contributed by atoms with Gasteiger partial charge in [0.15, 0.2) is 23.0 Å². The summed E-state index contributed by atoms with van der Waals surface area (Å²) in [6, 6.07) is 20.3. The zero-order valence-corrected chi connectivity index (χ0v) is 22.3. The van der Waals surface area contributed by atoms with Crippen molar-refractivity contribution in [2.45, 2.75) is 6.61 Å². The number of methoxy groups -OCH3 is 1. The zero-order chi connectivity index (χ0) is 25.8. The molecule has 5 aromatic rings. The van der Waals surface area contributed by atoms with Gasteiger partial charge in [0.05, 0.1) is 28.8 Å². The predicted molar refractivity (Wildman–Crippen MR) is 148 cm³/mol. The van der Waals surface area contributed by atoms with Gasteiger partial charge >= 0.3 is 0 Å². The molecule has 0 atom stereocenters. The number of nitriles is 1. The van der Waals surface area contributed by atoms with E-state index < -0.39 is 0 Å². The van der Waals surface area contributed by atoms with Crippen LogP contribution in [0.4, 0.5) is 5.88 Å². The van der Waals surface area contributed by atoms with Crippen LogP contribution in [0, 0.1) is 14.9 Å². The Morgan fingerprint density at radius 2 is 1.78 bits per heavy atom. The molecule has 7 nitrogen and oxygen atoms in total. The summed E-state index contributed by atoms with van der Waals surface area (Å²) < 4.78 is 29.5. The Kier molecular flexibility index (Phi) is 7.35. The molecule has 0 saturated carbocycles. The molecule has 0 aliphatic rings. The third-order valence-corrected chi connectivity index (χ3v) is 6.45. The van der Waals surface area contributed by atoms with E-state index in [2.05, 4.69) is 33.7 Å². The number of furan rings is 3. The second-order valence-corrected chi connectivity index (χ2v) is 9.36. The van der Waals surface area contributed by atoms with Gasteiger partial charge in [-0.2, -0.15) is 5.26 Å². The number of benzene rings is 2. The number of hydrogen-bond donors (Lipinski definition) is 0. The van der Waals surface area contributed by atoms with E-state index in [9.17, 15) is 5.26 Å². The van der Waals surface area contributed by atoms with Gasteiger partial charge in [0.2, 0.25) is 5.88 Å². The lowest BCUT2D eigenvalue weighted by Crippen LogP contribution is -2.00. The third kappa shape index (κ3) is 5.28. The minimum absolute atomic E-state index is 0.136. The van der Waals surface area contributed by atoms with Gasteiger partial charge in [0.25, 0.3) is 0 Å². The SMILES string of the molecule is COc1cc(C=Nc2oc(-c3ccco3)c(-c3ccco3)c2C#N)cc(I)c1OCc1ccc(Cl)cc1. The van der Waals surface area contributed by atoms with Gasteiger partial charge in [0, 0.05) is 11.2 Å². The van der Waals surface area contributed by atoms with Crippen LogP contribution in [0.5, 0.6) is 11.5 Å². The Morgan fingerprint density at radius 3 is 2.43 bits per heavy atom. The smallest absolute Gasteiger partial charge is 0.238 e. The molecule has 0 amide bonds. The minimum atomic E-state index is 0.136. The maximum Gasteiger partial charge on any atom is 0.238 e. The molecule has 184 valence electrons. The van der Waals surface area contributed by atoms with Crippen LogP contribution in [0.15, 0.2) is 91.4 Å². The van der Waals surface area contributed by atoms with E-state index in [-0.39, 0.29) is 11.4 Å². The van der Waals surface area contributed by atoms with Gasteiger partial charge in [-0.05, 0) is 82.2 Å². The van der Waals surface area contributed by atoms with Crippen LogP contribution in [0.1, 0.15) is 16.7 Å². The van der Waals surface area contributed by atoms with Crippen molar-refractivity contribution in [3.8, 4) is 40.4 Å². The lowest BCUT2D eigenvalue weighted by molar-refractivity contribution is 0.282. The molecule has 0 fully saturated rings. The first-order valence-corrected chi connectivity index (χ1v) is 12.5. The highest BCUT2D eigenvalue weighted by Gasteiger charge is 2.26. The summed E-state index contributed by atoms with van der Waals surface area (Å²) >= 11 is 8.15. The van der Waals surface area contributed by atoms with Crippen molar-refractivity contribution in [2.24, 2.45) is 4.99 Å². The molecule has 3 aromatic heterocycles. The highest BCUT2D eigenvalue weighted by Crippen LogP contribution is 2.43. The van der Waals surface area contributed by atoms with Crippen molar-refractivity contribution in [1.82, 2.24) is 0 Å². The van der Waals surface area contributed by atoms with Crippen molar-refractivity contribution in [3.63, 3.8) is 0 Å².